The summed E-state index contributed by atoms with van der Waals surface area (Å²) in [5.41, 5.74) is 4.07. The molecule has 2 atom stereocenters. The van der Waals surface area contributed by atoms with Crippen LogP contribution >= 0.6 is 22.9 Å². The molecule has 0 N–H and O–H groups in total. The second-order valence-electron chi connectivity index (χ2n) is 9.01. The van der Waals surface area contributed by atoms with Crippen LogP contribution in [0.3, 0.4) is 0 Å². The molecule has 0 spiro atoms. The number of rotatable bonds is 9. The Morgan fingerprint density at radius 2 is 1.71 bits per heavy atom. The molecule has 0 radical (unpaired) electrons. The molecule has 0 aliphatic heterocycles. The third kappa shape index (κ3) is 5.49. The van der Waals surface area contributed by atoms with E-state index in [4.69, 9.17) is 16.3 Å². The third-order valence-corrected chi connectivity index (χ3v) is 7.89. The SMILES string of the molecule is CC(C)(c1ccccc1)c1ccc(CC[C@H]2C(Cl)=CC[C@@H]2COCc2cccs2)cc1. The van der Waals surface area contributed by atoms with Gasteiger partial charge in [-0.25, -0.2) is 0 Å². The zero-order valence-corrected chi connectivity index (χ0v) is 20.0. The first-order valence-corrected chi connectivity index (χ1v) is 12.4. The predicted molar refractivity (Wildman–Crippen MR) is 133 cm³/mol. The van der Waals surface area contributed by atoms with Gasteiger partial charge in [0, 0.05) is 15.3 Å². The highest BCUT2D eigenvalue weighted by atomic mass is 35.5. The summed E-state index contributed by atoms with van der Waals surface area (Å²) in [7, 11) is 0. The number of benzene rings is 2. The van der Waals surface area contributed by atoms with Gasteiger partial charge in [0.25, 0.3) is 0 Å². The van der Waals surface area contributed by atoms with E-state index in [2.05, 4.69) is 92.0 Å². The van der Waals surface area contributed by atoms with E-state index in [1.165, 1.54) is 21.6 Å². The third-order valence-electron chi connectivity index (χ3n) is 6.61. The van der Waals surface area contributed by atoms with Crippen LogP contribution in [-0.2, 0) is 23.2 Å². The molecule has 1 heterocycles. The summed E-state index contributed by atoms with van der Waals surface area (Å²) in [6, 6.07) is 24.1. The monoisotopic (exact) mass is 450 g/mol. The summed E-state index contributed by atoms with van der Waals surface area (Å²) in [5, 5.41) is 3.12. The van der Waals surface area contributed by atoms with Gasteiger partial charge >= 0.3 is 0 Å². The van der Waals surface area contributed by atoms with Crippen LogP contribution in [0.5, 0.6) is 0 Å². The van der Waals surface area contributed by atoms with Crippen LogP contribution in [-0.4, -0.2) is 6.61 Å². The Morgan fingerprint density at radius 1 is 0.968 bits per heavy atom. The lowest BCUT2D eigenvalue weighted by Crippen LogP contribution is -2.19. The molecule has 31 heavy (non-hydrogen) atoms. The minimum absolute atomic E-state index is 0.00227. The van der Waals surface area contributed by atoms with E-state index in [1.807, 2.05) is 0 Å². The lowest BCUT2D eigenvalue weighted by atomic mass is 9.78. The molecule has 1 aromatic heterocycles. The van der Waals surface area contributed by atoms with Gasteiger partial charge in [-0.1, -0.05) is 92.2 Å². The first-order chi connectivity index (χ1) is 15.0. The van der Waals surface area contributed by atoms with E-state index in [0.29, 0.717) is 18.4 Å². The molecular weight excluding hydrogens is 420 g/mol. The summed E-state index contributed by atoms with van der Waals surface area (Å²) in [4.78, 5) is 1.28. The Balaban J connectivity index is 1.33. The van der Waals surface area contributed by atoms with Crippen LogP contribution < -0.4 is 0 Å². The fraction of sp³-hybridized carbons (Fsp3) is 0.357. The first kappa shape index (κ1) is 22.3. The van der Waals surface area contributed by atoms with Gasteiger partial charge in [0.2, 0.25) is 0 Å². The van der Waals surface area contributed by atoms with E-state index in [1.54, 1.807) is 11.3 Å². The van der Waals surface area contributed by atoms with Gasteiger partial charge < -0.3 is 4.74 Å². The van der Waals surface area contributed by atoms with Crippen LogP contribution in [0.25, 0.3) is 0 Å². The van der Waals surface area contributed by atoms with Crippen molar-refractivity contribution in [3.63, 3.8) is 0 Å². The molecule has 1 aliphatic carbocycles. The molecular formula is C28H31ClOS. The molecule has 0 amide bonds. The van der Waals surface area contributed by atoms with E-state index < -0.39 is 0 Å². The minimum atomic E-state index is 0.00227. The number of hydrogen-bond acceptors (Lipinski definition) is 2. The van der Waals surface area contributed by atoms with E-state index in [0.717, 1.165) is 30.9 Å². The van der Waals surface area contributed by atoms with Crippen LogP contribution in [0.1, 0.15) is 48.3 Å². The Kier molecular flexibility index (Phi) is 7.32. The highest BCUT2D eigenvalue weighted by Gasteiger charge is 2.29. The average Bonchev–Trinajstić information content (AvgIpc) is 3.43. The van der Waals surface area contributed by atoms with Gasteiger partial charge in [-0.15, -0.1) is 11.3 Å². The van der Waals surface area contributed by atoms with Crippen molar-refractivity contribution >= 4 is 22.9 Å². The van der Waals surface area contributed by atoms with Gasteiger partial charge in [0.15, 0.2) is 0 Å². The molecule has 3 heteroatoms. The molecule has 1 aliphatic rings. The lowest BCUT2D eigenvalue weighted by Gasteiger charge is -2.26. The van der Waals surface area contributed by atoms with E-state index >= 15 is 0 Å². The number of halogens is 1. The number of allylic oxidation sites excluding steroid dienone is 2. The topological polar surface area (TPSA) is 9.23 Å². The maximum absolute atomic E-state index is 6.58. The highest BCUT2D eigenvalue weighted by Crippen LogP contribution is 2.38. The molecule has 2 aromatic carbocycles. The van der Waals surface area contributed by atoms with Crippen molar-refractivity contribution in [2.24, 2.45) is 11.8 Å². The van der Waals surface area contributed by atoms with Crippen LogP contribution in [0.2, 0.25) is 0 Å². The van der Waals surface area contributed by atoms with Crippen molar-refractivity contribution in [2.45, 2.75) is 45.1 Å². The maximum atomic E-state index is 6.58. The Morgan fingerprint density at radius 3 is 2.42 bits per heavy atom. The molecule has 1 nitrogen and oxygen atoms in total. The van der Waals surface area contributed by atoms with Crippen LogP contribution in [0.15, 0.2) is 83.2 Å². The van der Waals surface area contributed by atoms with Crippen molar-refractivity contribution in [3.05, 3.63) is 105 Å². The normalized spacial score (nSPS) is 18.9. The number of ether oxygens (including phenoxy) is 1. The fourth-order valence-corrected chi connectivity index (χ4v) is 5.52. The molecule has 162 valence electrons. The average molecular weight is 451 g/mol. The first-order valence-electron chi connectivity index (χ1n) is 11.1. The standard InChI is InChI=1S/C28H31ClOS/c1-28(2,23-7-4-3-5-8-23)24-14-10-21(11-15-24)12-16-26-22(13-17-27(26)29)19-30-20-25-9-6-18-31-25/h3-11,14-15,17-18,22,26H,12-13,16,19-20H2,1-2H3/t22-,26-/m1/s1. The zero-order chi connectivity index (χ0) is 21.7. The number of hydrogen-bond donors (Lipinski definition) is 0. The Bertz CT molecular complexity index is 974. The smallest absolute Gasteiger partial charge is 0.0809 e. The van der Waals surface area contributed by atoms with Crippen molar-refractivity contribution in [1.29, 1.82) is 0 Å². The van der Waals surface area contributed by atoms with Crippen molar-refractivity contribution in [3.8, 4) is 0 Å². The molecule has 4 rings (SSSR count). The van der Waals surface area contributed by atoms with Gasteiger partial charge in [0.1, 0.15) is 0 Å². The largest absolute Gasteiger partial charge is 0.376 e. The second kappa shape index (κ2) is 10.2. The molecule has 0 saturated heterocycles. The van der Waals surface area contributed by atoms with Gasteiger partial charge in [-0.05, 0) is 59.2 Å². The lowest BCUT2D eigenvalue weighted by molar-refractivity contribution is 0.0774. The molecule has 0 fully saturated rings. The highest BCUT2D eigenvalue weighted by molar-refractivity contribution is 7.09. The minimum Gasteiger partial charge on any atom is -0.376 e. The number of aryl methyl sites for hydroxylation is 1. The van der Waals surface area contributed by atoms with Gasteiger partial charge in [0.05, 0.1) is 13.2 Å². The van der Waals surface area contributed by atoms with Crippen molar-refractivity contribution in [1.82, 2.24) is 0 Å². The maximum Gasteiger partial charge on any atom is 0.0809 e. The summed E-state index contributed by atoms with van der Waals surface area (Å²) in [6.45, 7) is 6.07. The van der Waals surface area contributed by atoms with Crippen LogP contribution in [0, 0.1) is 11.8 Å². The quantitative estimate of drug-likeness (QED) is 0.321. The zero-order valence-electron chi connectivity index (χ0n) is 18.4. The summed E-state index contributed by atoms with van der Waals surface area (Å²) in [5.74, 6) is 0.897. The van der Waals surface area contributed by atoms with Crippen LogP contribution in [0.4, 0.5) is 0 Å². The summed E-state index contributed by atoms with van der Waals surface area (Å²) >= 11 is 8.33. The fourth-order valence-electron chi connectivity index (χ4n) is 4.50. The molecule has 3 aromatic rings. The second-order valence-corrected chi connectivity index (χ2v) is 10.5. The summed E-state index contributed by atoms with van der Waals surface area (Å²) < 4.78 is 6.01. The van der Waals surface area contributed by atoms with E-state index in [-0.39, 0.29) is 5.41 Å². The van der Waals surface area contributed by atoms with Gasteiger partial charge in [-0.2, -0.15) is 0 Å². The summed E-state index contributed by atoms with van der Waals surface area (Å²) in [6.07, 6.45) is 5.33. The van der Waals surface area contributed by atoms with Gasteiger partial charge in [-0.3, -0.25) is 0 Å². The number of thiophene rings is 1. The van der Waals surface area contributed by atoms with Crippen molar-refractivity contribution in [2.75, 3.05) is 6.61 Å². The Labute approximate surface area is 195 Å². The van der Waals surface area contributed by atoms with Crippen molar-refractivity contribution < 1.29 is 4.74 Å². The Hall–Kier alpha value is -1.87. The van der Waals surface area contributed by atoms with E-state index in [9.17, 15) is 0 Å². The molecule has 0 bridgehead atoms. The predicted octanol–water partition coefficient (Wildman–Crippen LogP) is 7.98. The molecule has 0 saturated carbocycles. The molecule has 0 unspecified atom stereocenters.